The van der Waals surface area contributed by atoms with Crippen LogP contribution in [0.4, 0.5) is 0 Å². The minimum atomic E-state index is -3.29. The van der Waals surface area contributed by atoms with E-state index >= 15 is 0 Å². The average molecular weight is 307 g/mol. The van der Waals surface area contributed by atoms with Gasteiger partial charge in [-0.05, 0) is 12.8 Å². The number of benzene rings is 1. The van der Waals surface area contributed by atoms with Crippen molar-refractivity contribution < 1.29 is 17.6 Å². The second-order valence-corrected chi connectivity index (χ2v) is 7.41. The highest BCUT2D eigenvalue weighted by molar-refractivity contribution is 7.91. The van der Waals surface area contributed by atoms with Crippen LogP contribution in [0, 0.1) is 0 Å². The number of ether oxygens (including phenoxy) is 1. The van der Waals surface area contributed by atoms with Crippen LogP contribution in [0.25, 0.3) is 11.3 Å². The maximum Gasteiger partial charge on any atom is 0.210 e. The van der Waals surface area contributed by atoms with Gasteiger partial charge in [0.2, 0.25) is 5.89 Å². The van der Waals surface area contributed by atoms with Gasteiger partial charge in [0, 0.05) is 12.2 Å². The molecule has 5 nitrogen and oxygen atoms in total. The van der Waals surface area contributed by atoms with Gasteiger partial charge in [-0.3, -0.25) is 0 Å². The lowest BCUT2D eigenvalue weighted by Crippen LogP contribution is -2.31. The van der Waals surface area contributed by atoms with Crippen molar-refractivity contribution in [2.75, 3.05) is 13.2 Å². The quantitative estimate of drug-likeness (QED) is 0.867. The molecule has 0 bridgehead atoms. The van der Waals surface area contributed by atoms with Crippen LogP contribution in [0.15, 0.2) is 40.9 Å². The van der Waals surface area contributed by atoms with Crippen molar-refractivity contribution in [1.82, 2.24) is 4.98 Å². The number of sulfone groups is 1. The predicted molar refractivity (Wildman–Crippen MR) is 78.4 cm³/mol. The lowest BCUT2D eigenvalue weighted by Gasteiger charge is -2.21. The van der Waals surface area contributed by atoms with Crippen molar-refractivity contribution in [3.05, 3.63) is 42.4 Å². The zero-order valence-corrected chi connectivity index (χ0v) is 12.4. The standard InChI is InChI=1S/C15H17NO4S/c17-21(18,13-7-4-8-19-10-13)11-15-16-9-14(20-15)12-5-2-1-3-6-12/h1-3,5-6,9,13H,4,7-8,10-11H2/t13-/m1/s1. The highest BCUT2D eigenvalue weighted by Crippen LogP contribution is 2.23. The third kappa shape index (κ3) is 3.33. The summed E-state index contributed by atoms with van der Waals surface area (Å²) < 4.78 is 35.5. The fourth-order valence-electron chi connectivity index (χ4n) is 2.40. The van der Waals surface area contributed by atoms with Gasteiger partial charge in [0.15, 0.2) is 15.6 Å². The van der Waals surface area contributed by atoms with Gasteiger partial charge in [-0.15, -0.1) is 0 Å². The van der Waals surface area contributed by atoms with Crippen LogP contribution in [-0.4, -0.2) is 31.9 Å². The van der Waals surface area contributed by atoms with E-state index < -0.39 is 15.1 Å². The van der Waals surface area contributed by atoms with E-state index in [0.29, 0.717) is 18.8 Å². The second-order valence-electron chi connectivity index (χ2n) is 5.13. The Morgan fingerprint density at radius 3 is 2.76 bits per heavy atom. The van der Waals surface area contributed by atoms with Gasteiger partial charge in [0.25, 0.3) is 0 Å². The summed E-state index contributed by atoms with van der Waals surface area (Å²) in [5.41, 5.74) is 0.884. The molecule has 6 heteroatoms. The third-order valence-corrected chi connectivity index (χ3v) is 5.60. The maximum atomic E-state index is 12.3. The average Bonchev–Trinajstić information content (AvgIpc) is 2.97. The molecule has 0 aliphatic carbocycles. The molecule has 21 heavy (non-hydrogen) atoms. The molecule has 1 aliphatic rings. The molecule has 1 atom stereocenters. The first-order valence-corrected chi connectivity index (χ1v) is 8.66. The second kappa shape index (κ2) is 5.99. The van der Waals surface area contributed by atoms with E-state index in [-0.39, 0.29) is 18.3 Å². The molecule has 0 unspecified atom stereocenters. The van der Waals surface area contributed by atoms with E-state index in [1.54, 1.807) is 6.20 Å². The normalized spacial score (nSPS) is 19.5. The molecule has 2 aromatic rings. The number of rotatable bonds is 4. The van der Waals surface area contributed by atoms with Gasteiger partial charge in [-0.2, -0.15) is 0 Å². The van der Waals surface area contributed by atoms with Crippen molar-refractivity contribution in [1.29, 1.82) is 0 Å². The Hall–Kier alpha value is -1.66. The number of hydrogen-bond acceptors (Lipinski definition) is 5. The Balaban J connectivity index is 1.75. The monoisotopic (exact) mass is 307 g/mol. The SMILES string of the molecule is O=S(=O)(Cc1ncc(-c2ccccc2)o1)[C@@H]1CCCOC1. The first kappa shape index (κ1) is 14.3. The summed E-state index contributed by atoms with van der Waals surface area (Å²) in [5, 5.41) is -0.446. The number of oxazole rings is 1. The molecule has 3 rings (SSSR count). The Morgan fingerprint density at radius 2 is 2.05 bits per heavy atom. The third-order valence-electron chi connectivity index (χ3n) is 3.56. The van der Waals surface area contributed by atoms with E-state index in [4.69, 9.17) is 9.15 Å². The number of nitrogens with zero attached hydrogens (tertiary/aromatic N) is 1. The van der Waals surface area contributed by atoms with E-state index in [1.807, 2.05) is 30.3 Å². The zero-order valence-electron chi connectivity index (χ0n) is 11.6. The lowest BCUT2D eigenvalue weighted by atomic mass is 10.2. The van der Waals surface area contributed by atoms with Gasteiger partial charge < -0.3 is 9.15 Å². The minimum Gasteiger partial charge on any atom is -0.440 e. The molecule has 1 aromatic heterocycles. The largest absolute Gasteiger partial charge is 0.440 e. The van der Waals surface area contributed by atoms with E-state index in [0.717, 1.165) is 12.0 Å². The first-order chi connectivity index (χ1) is 10.1. The summed E-state index contributed by atoms with van der Waals surface area (Å²) in [6, 6.07) is 9.50. The Labute approximate surface area is 123 Å². The molecule has 0 N–H and O–H groups in total. The molecule has 2 heterocycles. The van der Waals surface area contributed by atoms with Crippen LogP contribution < -0.4 is 0 Å². The Kier molecular flexibility index (Phi) is 4.07. The number of aromatic nitrogens is 1. The van der Waals surface area contributed by atoms with Crippen molar-refractivity contribution in [2.24, 2.45) is 0 Å². The highest BCUT2D eigenvalue weighted by Gasteiger charge is 2.29. The molecule has 1 fully saturated rings. The van der Waals surface area contributed by atoms with Crippen LogP contribution in [0.5, 0.6) is 0 Å². The predicted octanol–water partition coefficient (Wildman–Crippen LogP) is 2.44. The van der Waals surface area contributed by atoms with Crippen molar-refractivity contribution in [3.8, 4) is 11.3 Å². The van der Waals surface area contributed by atoms with Gasteiger partial charge >= 0.3 is 0 Å². The summed E-state index contributed by atoms with van der Waals surface area (Å²) in [5.74, 6) is 0.647. The van der Waals surface area contributed by atoms with Crippen LogP contribution in [-0.2, 0) is 20.3 Å². The van der Waals surface area contributed by atoms with Crippen molar-refractivity contribution in [3.63, 3.8) is 0 Å². The molecule has 1 aliphatic heterocycles. The van der Waals surface area contributed by atoms with Crippen LogP contribution in [0.3, 0.4) is 0 Å². The van der Waals surface area contributed by atoms with Crippen LogP contribution >= 0.6 is 0 Å². The van der Waals surface area contributed by atoms with Crippen molar-refractivity contribution >= 4 is 9.84 Å². The Bertz CT molecular complexity index is 687. The molecule has 1 aromatic carbocycles. The fraction of sp³-hybridized carbons (Fsp3) is 0.400. The number of hydrogen-bond donors (Lipinski definition) is 0. The molecular formula is C15H17NO4S. The minimum absolute atomic E-state index is 0.173. The summed E-state index contributed by atoms with van der Waals surface area (Å²) in [6.07, 6.45) is 3.00. The lowest BCUT2D eigenvalue weighted by molar-refractivity contribution is 0.0990. The van der Waals surface area contributed by atoms with Crippen LogP contribution in [0.1, 0.15) is 18.7 Å². The molecule has 112 valence electrons. The summed E-state index contributed by atoms with van der Waals surface area (Å²) in [7, 11) is -3.29. The topological polar surface area (TPSA) is 69.4 Å². The van der Waals surface area contributed by atoms with Gasteiger partial charge in [0.05, 0.1) is 18.1 Å². The fourth-order valence-corrected chi connectivity index (χ4v) is 3.94. The van der Waals surface area contributed by atoms with E-state index in [9.17, 15) is 8.42 Å². The summed E-state index contributed by atoms with van der Waals surface area (Å²) in [4.78, 5) is 4.09. The van der Waals surface area contributed by atoms with Gasteiger partial charge in [-0.1, -0.05) is 30.3 Å². The molecule has 0 radical (unpaired) electrons. The molecule has 1 saturated heterocycles. The Morgan fingerprint density at radius 1 is 1.24 bits per heavy atom. The smallest absolute Gasteiger partial charge is 0.210 e. The molecule has 0 amide bonds. The van der Waals surface area contributed by atoms with E-state index in [2.05, 4.69) is 4.98 Å². The summed E-state index contributed by atoms with van der Waals surface area (Å²) in [6.45, 7) is 0.914. The zero-order chi connectivity index (χ0) is 14.7. The molecular weight excluding hydrogens is 290 g/mol. The van der Waals surface area contributed by atoms with E-state index in [1.165, 1.54) is 0 Å². The molecule has 0 spiro atoms. The maximum absolute atomic E-state index is 12.3. The summed E-state index contributed by atoms with van der Waals surface area (Å²) >= 11 is 0. The highest BCUT2D eigenvalue weighted by atomic mass is 32.2. The first-order valence-electron chi connectivity index (χ1n) is 6.94. The van der Waals surface area contributed by atoms with Crippen molar-refractivity contribution in [2.45, 2.75) is 23.8 Å². The molecule has 0 saturated carbocycles. The van der Waals surface area contributed by atoms with Gasteiger partial charge in [0.1, 0.15) is 5.75 Å². The van der Waals surface area contributed by atoms with Gasteiger partial charge in [-0.25, -0.2) is 13.4 Å². The van der Waals surface area contributed by atoms with Crippen LogP contribution in [0.2, 0.25) is 0 Å².